The van der Waals surface area contributed by atoms with Gasteiger partial charge in [0.05, 0.1) is 39.9 Å². The van der Waals surface area contributed by atoms with Gasteiger partial charge in [-0.15, -0.1) is 0 Å². The number of allylic oxidation sites excluding steroid dienone is 13. The van der Waals surface area contributed by atoms with Gasteiger partial charge in [-0.3, -0.25) is 9.36 Å². The SMILES string of the molecule is CC/C=C\C/C=C\C/C=C\C/C=C\C/C=C\C/C=C\CCCCCCCCCCCCCCCCCCC(=O)NC(COP(=O)([O-])OCC[N+](C)(C)C)C(O)/C=C/CCCCCCC. The van der Waals surface area contributed by atoms with Gasteiger partial charge >= 0.3 is 0 Å². The number of carbonyl (C=O) groups is 1. The maximum atomic E-state index is 12.8. The molecule has 1 amide bonds. The molecule has 0 aromatic carbocycles. The van der Waals surface area contributed by atoms with Crippen LogP contribution in [0.2, 0.25) is 0 Å². The number of carbonyl (C=O) groups excluding carboxylic acids is 1. The first-order valence-corrected chi connectivity index (χ1v) is 27.4. The Morgan fingerprint density at radius 1 is 0.562 bits per heavy atom. The molecule has 0 rings (SSSR count). The van der Waals surface area contributed by atoms with Crippen molar-refractivity contribution < 1.29 is 32.9 Å². The lowest BCUT2D eigenvalue weighted by Crippen LogP contribution is -2.45. The van der Waals surface area contributed by atoms with Crippen molar-refractivity contribution in [3.8, 4) is 0 Å². The number of likely N-dealkylation sites (N-methyl/N-ethyl adjacent to an activating group) is 1. The van der Waals surface area contributed by atoms with E-state index in [0.717, 1.165) is 77.0 Å². The Kier molecular flexibility index (Phi) is 44.2. The molecular formula is C55H99N2O6P. The average molecular weight is 915 g/mol. The molecule has 0 bridgehead atoms. The van der Waals surface area contributed by atoms with Gasteiger partial charge in [-0.1, -0.05) is 214 Å². The number of aliphatic hydroxyl groups excluding tert-OH is 1. The molecule has 0 saturated carbocycles. The van der Waals surface area contributed by atoms with E-state index in [1.165, 1.54) is 109 Å². The topological polar surface area (TPSA) is 108 Å². The first-order valence-electron chi connectivity index (χ1n) is 25.9. The average Bonchev–Trinajstić information content (AvgIpc) is 3.25. The van der Waals surface area contributed by atoms with Crippen LogP contribution >= 0.6 is 7.82 Å². The summed E-state index contributed by atoms with van der Waals surface area (Å²) in [5, 5.41) is 13.7. The Hall–Kier alpha value is -2.32. The van der Waals surface area contributed by atoms with Crippen LogP contribution in [0.4, 0.5) is 0 Å². The van der Waals surface area contributed by atoms with Gasteiger partial charge in [-0.05, 0) is 70.6 Å². The number of nitrogens with one attached hydrogen (secondary N) is 1. The molecule has 0 heterocycles. The van der Waals surface area contributed by atoms with Gasteiger partial charge in [0.15, 0.2) is 0 Å². The van der Waals surface area contributed by atoms with Gasteiger partial charge in [0.25, 0.3) is 7.82 Å². The van der Waals surface area contributed by atoms with Crippen LogP contribution in [-0.2, 0) is 18.4 Å². The number of phosphoric ester groups is 1. The molecule has 370 valence electrons. The minimum absolute atomic E-state index is 0.00371. The summed E-state index contributed by atoms with van der Waals surface area (Å²) in [4.78, 5) is 25.2. The van der Waals surface area contributed by atoms with E-state index in [0.29, 0.717) is 17.4 Å². The van der Waals surface area contributed by atoms with Gasteiger partial charge in [0.2, 0.25) is 5.91 Å². The van der Waals surface area contributed by atoms with Crippen LogP contribution in [0.1, 0.15) is 206 Å². The van der Waals surface area contributed by atoms with E-state index >= 15 is 0 Å². The summed E-state index contributed by atoms with van der Waals surface area (Å²) in [6.45, 7) is 4.46. The quantitative estimate of drug-likeness (QED) is 0.0273. The van der Waals surface area contributed by atoms with Crippen molar-refractivity contribution in [2.75, 3.05) is 40.9 Å². The summed E-state index contributed by atoms with van der Waals surface area (Å²) >= 11 is 0. The van der Waals surface area contributed by atoms with Crippen LogP contribution in [0, 0.1) is 0 Å². The van der Waals surface area contributed by atoms with Crippen LogP contribution in [0.5, 0.6) is 0 Å². The van der Waals surface area contributed by atoms with Crippen LogP contribution in [0.25, 0.3) is 0 Å². The van der Waals surface area contributed by atoms with Crippen molar-refractivity contribution in [3.63, 3.8) is 0 Å². The number of aliphatic hydroxyl groups is 1. The standard InChI is InChI=1S/C55H99N2O6P/c1-6-8-10-12-14-15-16-17-18-19-20-21-22-23-24-25-26-27-28-29-30-31-32-33-34-35-36-37-38-39-40-41-43-45-47-49-55(59)56-53(54(58)48-46-44-42-13-11-9-7-2)52-63-64(60,61)62-51-50-57(3,4)5/h8,10,14-15,17-18,20-21,23-24,26-27,46,48,53-54,58H,6-7,9,11-13,16,19,22,25,28-45,47,49-52H2,1-5H3,(H-,56,59,60,61)/b10-8-,15-14-,18-17-,21-20-,24-23-,27-26-,48-46+. The van der Waals surface area contributed by atoms with Crippen molar-refractivity contribution in [2.24, 2.45) is 0 Å². The largest absolute Gasteiger partial charge is 0.756 e. The predicted octanol–water partition coefficient (Wildman–Crippen LogP) is 14.7. The molecule has 0 aromatic rings. The zero-order chi connectivity index (χ0) is 47.1. The lowest BCUT2D eigenvalue weighted by molar-refractivity contribution is -0.870. The molecule has 0 aliphatic heterocycles. The normalized spacial score (nSPS) is 14.8. The lowest BCUT2D eigenvalue weighted by atomic mass is 10.0. The zero-order valence-corrected chi connectivity index (χ0v) is 42.8. The molecule has 0 aromatic heterocycles. The third-order valence-corrected chi connectivity index (χ3v) is 12.1. The van der Waals surface area contributed by atoms with Crippen molar-refractivity contribution in [2.45, 2.75) is 219 Å². The summed E-state index contributed by atoms with van der Waals surface area (Å²) in [6, 6.07) is -0.886. The van der Waals surface area contributed by atoms with E-state index in [4.69, 9.17) is 9.05 Å². The second-order valence-corrected chi connectivity index (χ2v) is 19.9. The van der Waals surface area contributed by atoms with E-state index in [2.05, 4.69) is 92.1 Å². The number of amides is 1. The highest BCUT2D eigenvalue weighted by molar-refractivity contribution is 7.45. The van der Waals surface area contributed by atoms with E-state index in [9.17, 15) is 19.4 Å². The Bertz CT molecular complexity index is 1310. The fourth-order valence-electron chi connectivity index (χ4n) is 7.04. The van der Waals surface area contributed by atoms with E-state index in [-0.39, 0.29) is 19.1 Å². The number of nitrogens with zero attached hydrogens (tertiary/aromatic N) is 1. The van der Waals surface area contributed by atoms with Crippen molar-refractivity contribution in [1.82, 2.24) is 5.32 Å². The number of hydrogen-bond acceptors (Lipinski definition) is 6. The molecule has 3 unspecified atom stereocenters. The highest BCUT2D eigenvalue weighted by atomic mass is 31.2. The number of unbranched alkanes of at least 4 members (excludes halogenated alkanes) is 21. The summed E-state index contributed by atoms with van der Waals surface area (Å²) in [7, 11) is 1.25. The van der Waals surface area contributed by atoms with Crippen LogP contribution in [0.15, 0.2) is 85.1 Å². The third kappa shape index (κ3) is 47.6. The number of phosphoric acid groups is 1. The first-order chi connectivity index (χ1) is 31.0. The second kappa shape index (κ2) is 45.8. The Morgan fingerprint density at radius 2 is 0.953 bits per heavy atom. The van der Waals surface area contributed by atoms with Crippen LogP contribution in [0.3, 0.4) is 0 Å². The maximum absolute atomic E-state index is 12.8. The third-order valence-electron chi connectivity index (χ3n) is 11.1. The lowest BCUT2D eigenvalue weighted by Gasteiger charge is -2.29. The van der Waals surface area contributed by atoms with Gasteiger partial charge in [0.1, 0.15) is 13.2 Å². The second-order valence-electron chi connectivity index (χ2n) is 18.5. The summed E-state index contributed by atoms with van der Waals surface area (Å²) in [5.74, 6) is -0.204. The minimum Gasteiger partial charge on any atom is -0.756 e. The van der Waals surface area contributed by atoms with Crippen LogP contribution < -0.4 is 10.2 Å². The molecule has 3 atom stereocenters. The molecule has 0 radical (unpaired) electrons. The molecular weight excluding hydrogens is 816 g/mol. The Labute approximate surface area is 395 Å². The molecule has 9 heteroatoms. The highest BCUT2D eigenvalue weighted by Gasteiger charge is 2.23. The fraction of sp³-hybridized carbons (Fsp3) is 0.727. The number of rotatable bonds is 46. The molecule has 2 N–H and O–H groups in total. The maximum Gasteiger partial charge on any atom is 0.268 e. The molecule has 0 aliphatic carbocycles. The van der Waals surface area contributed by atoms with E-state index < -0.39 is 20.0 Å². The number of hydrogen-bond donors (Lipinski definition) is 2. The van der Waals surface area contributed by atoms with Gasteiger partial charge < -0.3 is 28.8 Å². The summed E-state index contributed by atoms with van der Waals surface area (Å²) < 4.78 is 23.1. The Morgan fingerprint density at radius 3 is 1.39 bits per heavy atom. The van der Waals surface area contributed by atoms with Gasteiger partial charge in [0, 0.05) is 6.42 Å². The van der Waals surface area contributed by atoms with Crippen molar-refractivity contribution in [3.05, 3.63) is 85.1 Å². The predicted molar refractivity (Wildman–Crippen MR) is 274 cm³/mol. The first kappa shape index (κ1) is 61.7. The molecule has 0 saturated heterocycles. The van der Waals surface area contributed by atoms with Crippen LogP contribution in [-0.4, -0.2) is 68.5 Å². The minimum atomic E-state index is -4.58. The summed E-state index contributed by atoms with van der Waals surface area (Å²) in [5.41, 5.74) is 0. The highest BCUT2D eigenvalue weighted by Crippen LogP contribution is 2.38. The molecule has 0 aliphatic rings. The smallest absolute Gasteiger partial charge is 0.268 e. The van der Waals surface area contributed by atoms with Gasteiger partial charge in [-0.2, -0.15) is 0 Å². The summed E-state index contributed by atoms with van der Waals surface area (Å²) in [6.07, 6.45) is 64.0. The number of quaternary nitrogens is 1. The molecule has 8 nitrogen and oxygen atoms in total. The zero-order valence-electron chi connectivity index (χ0n) is 42.0. The molecule has 0 spiro atoms. The van der Waals surface area contributed by atoms with Crippen molar-refractivity contribution in [1.29, 1.82) is 0 Å². The fourth-order valence-corrected chi connectivity index (χ4v) is 7.76. The monoisotopic (exact) mass is 915 g/mol. The van der Waals surface area contributed by atoms with Gasteiger partial charge in [-0.25, -0.2) is 0 Å². The van der Waals surface area contributed by atoms with E-state index in [1.807, 2.05) is 27.2 Å². The van der Waals surface area contributed by atoms with Crippen molar-refractivity contribution >= 4 is 13.7 Å². The molecule has 0 fully saturated rings. The van der Waals surface area contributed by atoms with E-state index in [1.54, 1.807) is 6.08 Å². The Balaban J connectivity index is 3.92. The molecule has 64 heavy (non-hydrogen) atoms.